The number of fused-ring (bicyclic) bond motifs is 1. The highest BCUT2D eigenvalue weighted by molar-refractivity contribution is 5.39. The van der Waals surface area contributed by atoms with E-state index in [-0.39, 0.29) is 6.04 Å². The third kappa shape index (κ3) is 3.10. The number of ether oxygens (including phenoxy) is 1. The normalized spacial score (nSPS) is 17.8. The van der Waals surface area contributed by atoms with Crippen LogP contribution in [0.25, 0.3) is 0 Å². The van der Waals surface area contributed by atoms with Crippen LogP contribution >= 0.6 is 0 Å². The molecule has 0 spiro atoms. The second-order valence-corrected chi connectivity index (χ2v) is 6.03. The maximum absolute atomic E-state index is 6.19. The monoisotopic (exact) mass is 285 g/mol. The van der Waals surface area contributed by atoms with Crippen LogP contribution in [0.5, 0.6) is 5.75 Å². The summed E-state index contributed by atoms with van der Waals surface area (Å²) in [7, 11) is 0. The lowest BCUT2D eigenvalue weighted by atomic mass is 9.88. The molecule has 0 bridgehead atoms. The van der Waals surface area contributed by atoms with E-state index in [2.05, 4.69) is 31.1 Å². The van der Waals surface area contributed by atoms with Crippen LogP contribution in [0.15, 0.2) is 30.5 Å². The molecule has 112 valence electrons. The third-order valence-electron chi connectivity index (χ3n) is 4.06. The van der Waals surface area contributed by atoms with Gasteiger partial charge in [-0.25, -0.2) is 0 Å². The number of hydrogen-bond acceptors (Lipinski definition) is 3. The number of rotatable bonds is 4. The van der Waals surface area contributed by atoms with Gasteiger partial charge in [0.1, 0.15) is 12.4 Å². The number of aromatic nitrogens is 2. The average molecular weight is 285 g/mol. The van der Waals surface area contributed by atoms with Gasteiger partial charge in [-0.3, -0.25) is 4.68 Å². The van der Waals surface area contributed by atoms with Crippen LogP contribution in [-0.2, 0) is 13.0 Å². The fourth-order valence-corrected chi connectivity index (χ4v) is 2.80. The largest absolute Gasteiger partial charge is 0.487 e. The van der Waals surface area contributed by atoms with Crippen LogP contribution < -0.4 is 10.5 Å². The molecule has 0 saturated heterocycles. The van der Waals surface area contributed by atoms with Gasteiger partial charge in [0.15, 0.2) is 0 Å². The van der Waals surface area contributed by atoms with Crippen molar-refractivity contribution >= 4 is 0 Å². The molecular weight excluding hydrogens is 262 g/mol. The molecule has 1 atom stereocenters. The van der Waals surface area contributed by atoms with E-state index in [0.717, 1.165) is 24.3 Å². The van der Waals surface area contributed by atoms with Gasteiger partial charge >= 0.3 is 0 Å². The lowest BCUT2D eigenvalue weighted by Crippen LogP contribution is -2.17. The molecule has 0 radical (unpaired) electrons. The van der Waals surface area contributed by atoms with Crippen LogP contribution in [0.1, 0.15) is 55.6 Å². The first kappa shape index (κ1) is 14.1. The first-order valence-electron chi connectivity index (χ1n) is 7.68. The van der Waals surface area contributed by atoms with E-state index in [9.17, 15) is 0 Å². The third-order valence-corrected chi connectivity index (χ3v) is 4.06. The molecule has 0 unspecified atom stereocenters. The van der Waals surface area contributed by atoms with E-state index in [0.29, 0.717) is 12.6 Å². The van der Waals surface area contributed by atoms with Crippen molar-refractivity contribution in [2.45, 2.75) is 51.8 Å². The molecule has 1 aromatic carbocycles. The zero-order chi connectivity index (χ0) is 14.8. The summed E-state index contributed by atoms with van der Waals surface area (Å²) < 4.78 is 7.81. The molecule has 0 fully saturated rings. The molecule has 0 saturated carbocycles. The molecule has 1 aliphatic carbocycles. The predicted octanol–water partition coefficient (Wildman–Crippen LogP) is 3.38. The number of benzene rings is 1. The molecule has 21 heavy (non-hydrogen) atoms. The summed E-state index contributed by atoms with van der Waals surface area (Å²) in [4.78, 5) is 0. The Labute approximate surface area is 125 Å². The van der Waals surface area contributed by atoms with Gasteiger partial charge < -0.3 is 10.5 Å². The van der Waals surface area contributed by atoms with Gasteiger partial charge in [-0.05, 0) is 62.4 Å². The summed E-state index contributed by atoms with van der Waals surface area (Å²) in [5.74, 6) is 0.880. The van der Waals surface area contributed by atoms with E-state index >= 15 is 0 Å². The first-order valence-corrected chi connectivity index (χ1v) is 7.68. The summed E-state index contributed by atoms with van der Waals surface area (Å²) >= 11 is 0. The summed E-state index contributed by atoms with van der Waals surface area (Å²) in [5.41, 5.74) is 9.75. The SMILES string of the molecule is CC(C)n1ccc(COc2ccc3c(c2)[C@H](N)CCC3)n1. The van der Waals surface area contributed by atoms with Gasteiger partial charge in [0, 0.05) is 18.3 Å². The van der Waals surface area contributed by atoms with Crippen molar-refractivity contribution in [3.8, 4) is 5.75 Å². The maximum Gasteiger partial charge on any atom is 0.132 e. The maximum atomic E-state index is 6.19. The van der Waals surface area contributed by atoms with Crippen LogP contribution in [0.3, 0.4) is 0 Å². The van der Waals surface area contributed by atoms with Crippen molar-refractivity contribution in [1.82, 2.24) is 9.78 Å². The molecule has 4 nitrogen and oxygen atoms in total. The lowest BCUT2D eigenvalue weighted by Gasteiger charge is -2.22. The Morgan fingerprint density at radius 3 is 3.00 bits per heavy atom. The molecule has 2 N–H and O–H groups in total. The zero-order valence-corrected chi connectivity index (χ0v) is 12.7. The minimum atomic E-state index is 0.150. The summed E-state index contributed by atoms with van der Waals surface area (Å²) in [6, 6.07) is 8.81. The van der Waals surface area contributed by atoms with E-state index in [1.165, 1.54) is 17.5 Å². The minimum absolute atomic E-state index is 0.150. The van der Waals surface area contributed by atoms with Gasteiger partial charge in [0.05, 0.1) is 5.69 Å². The Morgan fingerprint density at radius 2 is 2.24 bits per heavy atom. The number of hydrogen-bond donors (Lipinski definition) is 1. The molecule has 0 aliphatic heterocycles. The standard InChI is InChI=1S/C17H23N3O/c1-12(2)20-9-8-14(19-20)11-21-15-7-6-13-4-3-5-17(18)16(13)10-15/h6-10,12,17H,3-5,11,18H2,1-2H3/t17-/m1/s1. The number of nitrogens with zero attached hydrogens (tertiary/aromatic N) is 2. The number of aryl methyl sites for hydroxylation is 1. The molecule has 1 heterocycles. The predicted molar refractivity (Wildman–Crippen MR) is 83.3 cm³/mol. The molecule has 0 amide bonds. The highest BCUT2D eigenvalue weighted by atomic mass is 16.5. The van der Waals surface area contributed by atoms with Crippen LogP contribution in [-0.4, -0.2) is 9.78 Å². The van der Waals surface area contributed by atoms with Gasteiger partial charge in [0.2, 0.25) is 0 Å². The van der Waals surface area contributed by atoms with E-state index < -0.39 is 0 Å². The van der Waals surface area contributed by atoms with Gasteiger partial charge in [-0.2, -0.15) is 5.10 Å². The van der Waals surface area contributed by atoms with E-state index in [1.807, 2.05) is 23.0 Å². The lowest BCUT2D eigenvalue weighted by molar-refractivity contribution is 0.298. The fourth-order valence-electron chi connectivity index (χ4n) is 2.80. The van der Waals surface area contributed by atoms with Crippen molar-refractivity contribution in [2.75, 3.05) is 0 Å². The van der Waals surface area contributed by atoms with Crippen LogP contribution in [0.4, 0.5) is 0 Å². The fraction of sp³-hybridized carbons (Fsp3) is 0.471. The molecule has 4 heteroatoms. The molecule has 2 aromatic rings. The average Bonchev–Trinajstić information content (AvgIpc) is 2.95. The van der Waals surface area contributed by atoms with Crippen molar-refractivity contribution in [2.24, 2.45) is 5.73 Å². The van der Waals surface area contributed by atoms with E-state index in [4.69, 9.17) is 10.5 Å². The number of nitrogens with two attached hydrogens (primary N) is 1. The quantitative estimate of drug-likeness (QED) is 0.937. The van der Waals surface area contributed by atoms with Crippen molar-refractivity contribution in [3.63, 3.8) is 0 Å². The van der Waals surface area contributed by atoms with Crippen molar-refractivity contribution in [3.05, 3.63) is 47.3 Å². The first-order chi connectivity index (χ1) is 10.1. The minimum Gasteiger partial charge on any atom is -0.487 e. The highest BCUT2D eigenvalue weighted by Crippen LogP contribution is 2.31. The Morgan fingerprint density at radius 1 is 1.38 bits per heavy atom. The Hall–Kier alpha value is -1.81. The molecule has 1 aromatic heterocycles. The second-order valence-electron chi connectivity index (χ2n) is 6.03. The topological polar surface area (TPSA) is 53.1 Å². The molecular formula is C17H23N3O. The van der Waals surface area contributed by atoms with E-state index in [1.54, 1.807) is 0 Å². The summed E-state index contributed by atoms with van der Waals surface area (Å²) in [6.45, 7) is 4.72. The van der Waals surface area contributed by atoms with Gasteiger partial charge in [-0.1, -0.05) is 6.07 Å². The summed E-state index contributed by atoms with van der Waals surface area (Å²) in [6.07, 6.45) is 5.37. The second kappa shape index (κ2) is 5.90. The van der Waals surface area contributed by atoms with Crippen molar-refractivity contribution in [1.29, 1.82) is 0 Å². The van der Waals surface area contributed by atoms with Gasteiger partial charge in [-0.15, -0.1) is 0 Å². The Bertz CT molecular complexity index is 618. The van der Waals surface area contributed by atoms with Crippen LogP contribution in [0.2, 0.25) is 0 Å². The van der Waals surface area contributed by atoms with Crippen LogP contribution in [0, 0.1) is 0 Å². The zero-order valence-electron chi connectivity index (χ0n) is 12.7. The van der Waals surface area contributed by atoms with Crippen molar-refractivity contribution < 1.29 is 4.74 Å². The molecule has 3 rings (SSSR count). The molecule has 1 aliphatic rings. The Balaban J connectivity index is 1.69. The Kier molecular flexibility index (Phi) is 3.97. The van der Waals surface area contributed by atoms with Gasteiger partial charge in [0.25, 0.3) is 0 Å². The highest BCUT2D eigenvalue weighted by Gasteiger charge is 2.17. The summed E-state index contributed by atoms with van der Waals surface area (Å²) in [5, 5.41) is 4.49. The smallest absolute Gasteiger partial charge is 0.132 e.